The monoisotopic (exact) mass is 461 g/mol. The Morgan fingerprint density at radius 3 is 1.14 bits per heavy atom. The molecule has 0 saturated heterocycles. The fourth-order valence-corrected chi connectivity index (χ4v) is 1.11. The number of rotatable bonds is 7. The van der Waals surface area contributed by atoms with Crippen LogP contribution in [0, 0.1) is 0 Å². The maximum atomic E-state index is 13.0. The first-order chi connectivity index (χ1) is 11.8. The highest BCUT2D eigenvalue weighted by atomic mass is 19.4. The lowest BCUT2D eigenvalue weighted by atomic mass is 9.96. The molecule has 0 heterocycles. The molecule has 0 aromatic rings. The minimum Gasteiger partial charge on any atom is -0.253 e. The quantitative estimate of drug-likeness (QED) is 0.223. The zero-order chi connectivity index (χ0) is 23.4. The summed E-state index contributed by atoms with van der Waals surface area (Å²) in [6.07, 6.45) is -7.71. The second kappa shape index (κ2) is 6.60. The Labute approximate surface area is 140 Å². The van der Waals surface area contributed by atoms with Crippen molar-refractivity contribution in [1.82, 2.24) is 0 Å². The Morgan fingerprint density at radius 1 is 0.536 bits per heavy atom. The predicted molar refractivity (Wildman–Crippen MR) is 50.4 cm³/mol. The third-order valence-corrected chi connectivity index (χ3v) is 2.66. The van der Waals surface area contributed by atoms with Crippen molar-refractivity contribution >= 4 is 12.0 Å². The van der Waals surface area contributed by atoms with Gasteiger partial charge in [-0.05, 0) is 0 Å². The molecule has 0 atom stereocenters. The zero-order valence-electron chi connectivity index (χ0n) is 11.8. The fraction of sp³-hybridized carbons (Fsp3) is 0.778. The van der Waals surface area contributed by atoms with Crippen LogP contribution in [0.2, 0.25) is 0 Å². The first kappa shape index (κ1) is 26.1. The Morgan fingerprint density at radius 2 is 0.857 bits per heavy atom. The molecule has 0 radical (unpaired) electrons. The summed E-state index contributed by atoms with van der Waals surface area (Å²) >= 11 is 0. The molecule has 0 N–H and O–H groups in total. The van der Waals surface area contributed by atoms with Gasteiger partial charge in [-0.1, -0.05) is 0 Å². The molecular weight excluding hydrogens is 461 g/mol. The maximum absolute atomic E-state index is 13.0. The summed E-state index contributed by atoms with van der Waals surface area (Å²) in [6, 6.07) is -11.8. The van der Waals surface area contributed by atoms with Crippen LogP contribution in [0.15, 0.2) is 4.99 Å². The largest absolute Gasteiger partial charge is 0.460 e. The molecule has 0 unspecified atom stereocenters. The number of carbonyl (C=O) groups is 1. The molecule has 28 heavy (non-hydrogen) atoms. The van der Waals surface area contributed by atoms with Crippen LogP contribution in [0.5, 0.6) is 0 Å². The van der Waals surface area contributed by atoms with Crippen molar-refractivity contribution in [2.75, 3.05) is 0 Å². The summed E-state index contributed by atoms with van der Waals surface area (Å²) in [7, 11) is 0. The summed E-state index contributed by atoms with van der Waals surface area (Å²) in [5.74, 6) is -44.0. The molecule has 0 aliphatic rings. The number of halogens is 17. The van der Waals surface area contributed by atoms with Gasteiger partial charge in [0.05, 0.1) is 0 Å². The van der Waals surface area contributed by atoms with Crippen molar-refractivity contribution in [2.24, 2.45) is 4.99 Å². The average molecular weight is 461 g/mol. The van der Waals surface area contributed by atoms with E-state index in [2.05, 4.69) is 0 Å². The highest BCUT2D eigenvalue weighted by molar-refractivity contribution is 6.03. The molecule has 0 amide bonds. The number of alkyl halides is 15. The van der Waals surface area contributed by atoms with E-state index in [1.165, 1.54) is 0 Å². The first-order valence-electron chi connectivity index (χ1n) is 5.61. The molecule has 0 aliphatic heterocycles. The van der Waals surface area contributed by atoms with Crippen molar-refractivity contribution in [3.8, 4) is 0 Å². The minimum atomic E-state index is -8.42. The lowest BCUT2D eigenvalue weighted by molar-refractivity contribution is -0.439. The molecule has 0 aromatic heterocycles. The summed E-state index contributed by atoms with van der Waals surface area (Å²) < 4.78 is 212. The second-order valence-corrected chi connectivity index (χ2v) is 4.59. The molecule has 0 aliphatic carbocycles. The lowest BCUT2D eigenvalue weighted by Crippen LogP contribution is -2.69. The van der Waals surface area contributed by atoms with Crippen molar-refractivity contribution in [3.05, 3.63) is 0 Å². The Balaban J connectivity index is 6.53. The standard InChI is InChI=1S/C9F17NO/c10-1(3(12,13)2(11)28)27-9(25,26)7(20,21)5(16,17)4(14,15)6(18,19)8(22,23)24. The highest BCUT2D eigenvalue weighted by Crippen LogP contribution is 2.60. The van der Waals surface area contributed by atoms with Crippen LogP contribution >= 0.6 is 0 Å². The third kappa shape index (κ3) is 3.58. The zero-order valence-corrected chi connectivity index (χ0v) is 11.8. The van der Waals surface area contributed by atoms with Gasteiger partial charge in [-0.3, -0.25) is 4.79 Å². The molecule has 0 aromatic carbocycles. The van der Waals surface area contributed by atoms with E-state index >= 15 is 0 Å². The lowest BCUT2D eigenvalue weighted by Gasteiger charge is -2.38. The highest BCUT2D eigenvalue weighted by Gasteiger charge is 2.91. The third-order valence-electron chi connectivity index (χ3n) is 2.66. The molecule has 2 nitrogen and oxygen atoms in total. The van der Waals surface area contributed by atoms with Gasteiger partial charge in [-0.2, -0.15) is 79.6 Å². The van der Waals surface area contributed by atoms with E-state index in [0.29, 0.717) is 0 Å². The number of hydrogen-bond acceptors (Lipinski definition) is 2. The Bertz CT molecular complexity index is 644. The van der Waals surface area contributed by atoms with E-state index in [0.717, 1.165) is 0 Å². The van der Waals surface area contributed by atoms with Gasteiger partial charge in [-0.15, -0.1) is 0 Å². The number of aliphatic imine (C=N–C) groups is 1. The summed E-state index contributed by atoms with van der Waals surface area (Å²) in [6.45, 7) is 0. The maximum Gasteiger partial charge on any atom is 0.460 e. The van der Waals surface area contributed by atoms with E-state index in [9.17, 15) is 79.4 Å². The number of nitrogens with zero attached hydrogens (tertiary/aromatic N) is 1. The molecule has 19 heteroatoms. The van der Waals surface area contributed by atoms with Crippen molar-refractivity contribution in [3.63, 3.8) is 0 Å². The number of carbonyl (C=O) groups excluding carboxylic acids is 1. The van der Waals surface area contributed by atoms with Gasteiger partial charge in [0.15, 0.2) is 0 Å². The number of hydrogen-bond donors (Lipinski definition) is 0. The van der Waals surface area contributed by atoms with Gasteiger partial charge in [0.1, 0.15) is 0 Å². The smallest absolute Gasteiger partial charge is 0.253 e. The molecular formula is C9F17NO. The first-order valence-corrected chi connectivity index (χ1v) is 5.61. The van der Waals surface area contributed by atoms with Crippen molar-refractivity contribution in [1.29, 1.82) is 0 Å². The predicted octanol–water partition coefficient (Wildman–Crippen LogP) is 5.18. The van der Waals surface area contributed by atoms with Gasteiger partial charge < -0.3 is 0 Å². The van der Waals surface area contributed by atoms with E-state index in [4.69, 9.17) is 0 Å². The normalized spacial score (nSPS) is 16.4. The Kier molecular flexibility index (Phi) is 6.16. The van der Waals surface area contributed by atoms with Gasteiger partial charge in [0.2, 0.25) is 0 Å². The Hall–Kier alpha value is -1.85. The van der Waals surface area contributed by atoms with Gasteiger partial charge in [-0.25, -0.2) is 0 Å². The molecule has 0 fully saturated rings. The molecule has 0 bridgehead atoms. The molecule has 166 valence electrons. The van der Waals surface area contributed by atoms with Gasteiger partial charge >= 0.3 is 47.9 Å². The summed E-state index contributed by atoms with van der Waals surface area (Å²) in [5.41, 5.74) is 0. The van der Waals surface area contributed by atoms with E-state index < -0.39 is 53.8 Å². The van der Waals surface area contributed by atoms with Crippen LogP contribution in [0.3, 0.4) is 0 Å². The van der Waals surface area contributed by atoms with Crippen LogP contribution in [0.1, 0.15) is 0 Å². The molecule has 0 rings (SSSR count). The van der Waals surface area contributed by atoms with Crippen molar-refractivity contribution in [2.45, 2.75) is 41.8 Å². The van der Waals surface area contributed by atoms with Crippen LogP contribution < -0.4 is 0 Å². The summed E-state index contributed by atoms with van der Waals surface area (Å²) in [4.78, 5) is 9.69. The SMILES string of the molecule is O=C(F)C(F)(F)C(F)=NC(F)(F)C(F)(F)C(F)(F)C(F)(F)C(F)(F)C(F)(F)F. The van der Waals surface area contributed by atoms with E-state index in [1.54, 1.807) is 0 Å². The summed E-state index contributed by atoms with van der Waals surface area (Å²) in [5, 5.41) is 0. The van der Waals surface area contributed by atoms with Crippen molar-refractivity contribution < 1.29 is 79.4 Å². The van der Waals surface area contributed by atoms with E-state index in [-0.39, 0.29) is 4.99 Å². The minimum absolute atomic E-state index is 0.114. The van der Waals surface area contributed by atoms with Gasteiger partial charge in [0, 0.05) is 0 Å². The van der Waals surface area contributed by atoms with Crippen LogP contribution in [0.25, 0.3) is 0 Å². The van der Waals surface area contributed by atoms with Crippen LogP contribution in [-0.2, 0) is 4.79 Å². The van der Waals surface area contributed by atoms with Gasteiger partial charge in [0.25, 0.3) is 5.97 Å². The fourth-order valence-electron chi connectivity index (χ4n) is 1.11. The molecule has 0 saturated carbocycles. The topological polar surface area (TPSA) is 29.4 Å². The van der Waals surface area contributed by atoms with Crippen LogP contribution in [-0.4, -0.2) is 53.8 Å². The average Bonchev–Trinajstić information content (AvgIpc) is 2.44. The van der Waals surface area contributed by atoms with E-state index in [1.807, 2.05) is 0 Å². The molecule has 0 spiro atoms. The van der Waals surface area contributed by atoms with Crippen LogP contribution in [0.4, 0.5) is 74.6 Å². The second-order valence-electron chi connectivity index (χ2n) is 4.59.